The molecule has 0 spiro atoms. The molecule has 168 valence electrons. The number of esters is 1. The highest BCUT2D eigenvalue weighted by atomic mass is 16.5. The predicted molar refractivity (Wildman–Crippen MR) is 121 cm³/mol. The molecule has 1 N–H and O–H groups in total. The molecule has 0 unspecified atom stereocenters. The minimum atomic E-state index is -0.419. The van der Waals surface area contributed by atoms with E-state index in [2.05, 4.69) is 24.4 Å². The van der Waals surface area contributed by atoms with Gasteiger partial charge in [-0.15, -0.1) is 0 Å². The molecule has 1 saturated heterocycles. The average molecular weight is 408 g/mol. The number of carbonyl (C=O) groups is 2. The minimum absolute atomic E-state index is 0.0507. The molecule has 0 aromatic carbocycles. The van der Waals surface area contributed by atoms with Gasteiger partial charge < -0.3 is 10.1 Å². The first-order chi connectivity index (χ1) is 14.2. The van der Waals surface area contributed by atoms with Crippen molar-refractivity contribution >= 4 is 11.9 Å². The molecule has 0 saturated carbocycles. The third-order valence-corrected chi connectivity index (χ3v) is 5.68. The number of allylic oxidation sites excluding steroid dienone is 2. The fourth-order valence-corrected chi connectivity index (χ4v) is 3.77. The van der Waals surface area contributed by atoms with Crippen molar-refractivity contribution in [1.29, 1.82) is 0 Å². The van der Waals surface area contributed by atoms with E-state index in [0.29, 0.717) is 19.4 Å². The quantitative estimate of drug-likeness (QED) is 0.149. The number of hydrogen-bond acceptors (Lipinski definition) is 3. The highest BCUT2D eigenvalue weighted by molar-refractivity contribution is 5.87. The van der Waals surface area contributed by atoms with Gasteiger partial charge in [0, 0.05) is 6.42 Å². The molecule has 0 aromatic rings. The lowest BCUT2D eigenvalue weighted by molar-refractivity contribution is -0.146. The summed E-state index contributed by atoms with van der Waals surface area (Å²) < 4.78 is 5.23. The summed E-state index contributed by atoms with van der Waals surface area (Å²) in [6.07, 6.45) is 26.5. The fraction of sp³-hybridized carbons (Fsp3) is 0.840. The lowest BCUT2D eigenvalue weighted by Crippen LogP contribution is -2.34. The maximum absolute atomic E-state index is 11.7. The van der Waals surface area contributed by atoms with Gasteiger partial charge in [-0.25, -0.2) is 4.79 Å². The van der Waals surface area contributed by atoms with Crippen LogP contribution in [0.25, 0.3) is 0 Å². The Kier molecular flexibility index (Phi) is 16.6. The van der Waals surface area contributed by atoms with Gasteiger partial charge in [0.25, 0.3) is 0 Å². The fourth-order valence-electron chi connectivity index (χ4n) is 3.77. The SMILES string of the molecule is CCCCCCCCCCCCCC/C=C/CCCCOC(=O)[C@@H]1CCC(=O)N1. The Bertz CT molecular complexity index is 447. The summed E-state index contributed by atoms with van der Waals surface area (Å²) >= 11 is 0. The van der Waals surface area contributed by atoms with Crippen LogP contribution in [-0.2, 0) is 14.3 Å². The van der Waals surface area contributed by atoms with Crippen molar-refractivity contribution in [3.05, 3.63) is 12.2 Å². The van der Waals surface area contributed by atoms with E-state index < -0.39 is 6.04 Å². The third kappa shape index (κ3) is 15.2. The lowest BCUT2D eigenvalue weighted by atomic mass is 10.0. The number of unbranched alkanes of at least 4 members (excludes halogenated alkanes) is 14. The molecular formula is C25H45NO3. The largest absolute Gasteiger partial charge is 0.464 e. The van der Waals surface area contributed by atoms with Gasteiger partial charge in [-0.3, -0.25) is 4.79 Å². The predicted octanol–water partition coefficient (Wildman–Crippen LogP) is 6.63. The van der Waals surface area contributed by atoms with Crippen molar-refractivity contribution in [2.45, 2.75) is 129 Å². The Labute approximate surface area is 179 Å². The summed E-state index contributed by atoms with van der Waals surface area (Å²) in [6, 6.07) is -0.419. The average Bonchev–Trinajstić information content (AvgIpc) is 3.16. The van der Waals surface area contributed by atoms with Gasteiger partial charge in [-0.1, -0.05) is 89.7 Å². The molecule has 1 amide bonds. The van der Waals surface area contributed by atoms with E-state index in [0.717, 1.165) is 19.3 Å². The minimum Gasteiger partial charge on any atom is -0.464 e. The van der Waals surface area contributed by atoms with Gasteiger partial charge in [-0.05, 0) is 38.5 Å². The normalized spacial score (nSPS) is 16.4. The van der Waals surface area contributed by atoms with Gasteiger partial charge in [0.2, 0.25) is 5.91 Å². The van der Waals surface area contributed by atoms with Crippen LogP contribution >= 0.6 is 0 Å². The van der Waals surface area contributed by atoms with E-state index in [-0.39, 0.29) is 11.9 Å². The Morgan fingerprint density at radius 3 is 1.90 bits per heavy atom. The van der Waals surface area contributed by atoms with E-state index in [9.17, 15) is 9.59 Å². The molecule has 29 heavy (non-hydrogen) atoms. The summed E-state index contributed by atoms with van der Waals surface area (Å²) in [5, 5.41) is 2.64. The molecule has 4 heteroatoms. The van der Waals surface area contributed by atoms with Crippen LogP contribution < -0.4 is 5.32 Å². The van der Waals surface area contributed by atoms with Crippen molar-refractivity contribution in [2.24, 2.45) is 0 Å². The first-order valence-corrected chi connectivity index (χ1v) is 12.3. The van der Waals surface area contributed by atoms with Crippen LogP contribution in [0.1, 0.15) is 122 Å². The highest BCUT2D eigenvalue weighted by Crippen LogP contribution is 2.13. The van der Waals surface area contributed by atoms with E-state index in [1.165, 1.54) is 83.5 Å². The topological polar surface area (TPSA) is 55.4 Å². The van der Waals surface area contributed by atoms with Crippen molar-refractivity contribution in [3.8, 4) is 0 Å². The Morgan fingerprint density at radius 2 is 1.38 bits per heavy atom. The zero-order valence-electron chi connectivity index (χ0n) is 18.9. The van der Waals surface area contributed by atoms with Crippen LogP contribution in [-0.4, -0.2) is 24.5 Å². The molecule has 1 rings (SSSR count). The zero-order chi connectivity index (χ0) is 21.0. The second kappa shape index (κ2) is 18.7. The number of ether oxygens (including phenoxy) is 1. The van der Waals surface area contributed by atoms with Gasteiger partial charge in [0.15, 0.2) is 0 Å². The number of rotatable bonds is 19. The summed E-state index contributed by atoms with van der Waals surface area (Å²) in [5.74, 6) is -0.330. The van der Waals surface area contributed by atoms with Gasteiger partial charge >= 0.3 is 5.97 Å². The second-order valence-electron chi connectivity index (χ2n) is 8.47. The molecule has 1 fully saturated rings. The maximum Gasteiger partial charge on any atom is 0.328 e. The van der Waals surface area contributed by atoms with Crippen molar-refractivity contribution in [1.82, 2.24) is 5.32 Å². The second-order valence-corrected chi connectivity index (χ2v) is 8.47. The molecular weight excluding hydrogens is 362 g/mol. The number of amides is 1. The molecule has 0 bridgehead atoms. The standard InChI is InChI=1S/C25H45NO3/c1-2-3-4-5-6-7-8-9-10-11-12-13-14-15-16-17-18-19-22-29-25(28)23-20-21-24(27)26-23/h15-16,23H,2-14,17-22H2,1H3,(H,26,27)/b16-15+/t23-/m0/s1. The van der Waals surface area contributed by atoms with Crippen LogP contribution in [0, 0.1) is 0 Å². The van der Waals surface area contributed by atoms with Crippen LogP contribution in [0.5, 0.6) is 0 Å². The lowest BCUT2D eigenvalue weighted by Gasteiger charge is -2.09. The summed E-state index contributed by atoms with van der Waals surface area (Å²) in [4.78, 5) is 22.8. The first-order valence-electron chi connectivity index (χ1n) is 12.3. The van der Waals surface area contributed by atoms with E-state index in [1.807, 2.05) is 0 Å². The molecule has 4 nitrogen and oxygen atoms in total. The summed E-state index contributed by atoms with van der Waals surface area (Å²) in [7, 11) is 0. The number of hydrogen-bond donors (Lipinski definition) is 1. The first kappa shape index (κ1) is 25.7. The third-order valence-electron chi connectivity index (χ3n) is 5.68. The molecule has 1 aliphatic heterocycles. The molecule has 0 aliphatic carbocycles. The highest BCUT2D eigenvalue weighted by Gasteiger charge is 2.28. The summed E-state index contributed by atoms with van der Waals surface area (Å²) in [5.41, 5.74) is 0. The van der Waals surface area contributed by atoms with Gasteiger partial charge in [0.1, 0.15) is 6.04 Å². The van der Waals surface area contributed by atoms with Crippen LogP contribution in [0.3, 0.4) is 0 Å². The van der Waals surface area contributed by atoms with Crippen molar-refractivity contribution in [3.63, 3.8) is 0 Å². The van der Waals surface area contributed by atoms with E-state index in [1.54, 1.807) is 0 Å². The van der Waals surface area contributed by atoms with E-state index >= 15 is 0 Å². The van der Waals surface area contributed by atoms with Crippen LogP contribution in [0.2, 0.25) is 0 Å². The van der Waals surface area contributed by atoms with Crippen LogP contribution in [0.15, 0.2) is 12.2 Å². The smallest absolute Gasteiger partial charge is 0.328 e. The number of carbonyl (C=O) groups excluding carboxylic acids is 2. The Hall–Kier alpha value is -1.32. The van der Waals surface area contributed by atoms with Gasteiger partial charge in [-0.2, -0.15) is 0 Å². The monoisotopic (exact) mass is 407 g/mol. The van der Waals surface area contributed by atoms with Gasteiger partial charge in [0.05, 0.1) is 6.61 Å². The Balaban J connectivity index is 1.75. The van der Waals surface area contributed by atoms with Crippen LogP contribution in [0.4, 0.5) is 0 Å². The molecule has 0 aromatic heterocycles. The number of nitrogens with one attached hydrogen (secondary N) is 1. The molecule has 0 radical (unpaired) electrons. The molecule has 1 heterocycles. The van der Waals surface area contributed by atoms with E-state index in [4.69, 9.17) is 4.74 Å². The van der Waals surface area contributed by atoms with Crippen molar-refractivity contribution in [2.75, 3.05) is 6.61 Å². The molecule has 1 aliphatic rings. The zero-order valence-corrected chi connectivity index (χ0v) is 18.9. The van der Waals surface area contributed by atoms with Crippen molar-refractivity contribution < 1.29 is 14.3 Å². The summed E-state index contributed by atoms with van der Waals surface area (Å²) in [6.45, 7) is 2.73. The maximum atomic E-state index is 11.7. The molecule has 1 atom stereocenters. The Morgan fingerprint density at radius 1 is 0.862 bits per heavy atom.